The van der Waals surface area contributed by atoms with Crippen molar-refractivity contribution in [1.29, 1.82) is 0 Å². The van der Waals surface area contributed by atoms with Gasteiger partial charge in [-0.25, -0.2) is 4.79 Å². The van der Waals surface area contributed by atoms with Gasteiger partial charge >= 0.3 is 6.09 Å². The zero-order chi connectivity index (χ0) is 18.2. The lowest BCUT2D eigenvalue weighted by Gasteiger charge is -2.32. The Morgan fingerprint density at radius 2 is 1.65 bits per heavy atom. The van der Waals surface area contributed by atoms with Gasteiger partial charge in [0, 0.05) is 26.1 Å². The van der Waals surface area contributed by atoms with E-state index in [1.165, 1.54) is 0 Å². The Morgan fingerprint density at radius 3 is 2.35 bits per heavy atom. The van der Waals surface area contributed by atoms with Crippen molar-refractivity contribution in [3.63, 3.8) is 0 Å². The van der Waals surface area contributed by atoms with Crippen molar-refractivity contribution in [1.82, 2.24) is 10.2 Å². The third-order valence-corrected chi connectivity index (χ3v) is 4.53. The van der Waals surface area contributed by atoms with Crippen molar-refractivity contribution in [2.24, 2.45) is 0 Å². The third-order valence-electron chi connectivity index (χ3n) is 4.53. The lowest BCUT2D eigenvalue weighted by atomic mass is 10.0. The predicted molar refractivity (Wildman–Crippen MR) is 99.8 cm³/mol. The summed E-state index contributed by atoms with van der Waals surface area (Å²) >= 11 is 0. The van der Waals surface area contributed by atoms with Gasteiger partial charge in [0.25, 0.3) is 0 Å². The molecule has 0 bridgehead atoms. The van der Waals surface area contributed by atoms with E-state index in [1.807, 2.05) is 60.7 Å². The summed E-state index contributed by atoms with van der Waals surface area (Å²) in [6.45, 7) is 1.76. The Morgan fingerprint density at radius 1 is 1.00 bits per heavy atom. The number of nitrogens with one attached hydrogen (secondary N) is 1. The molecule has 1 N–H and O–H groups in total. The first-order valence-corrected chi connectivity index (χ1v) is 8.98. The molecule has 0 spiro atoms. The van der Waals surface area contributed by atoms with Crippen LogP contribution in [0.3, 0.4) is 0 Å². The zero-order valence-corrected chi connectivity index (χ0v) is 14.8. The molecule has 1 fully saturated rings. The molecular weight excluding hydrogens is 328 g/mol. The molecule has 0 aliphatic carbocycles. The fourth-order valence-electron chi connectivity index (χ4n) is 3.03. The highest BCUT2D eigenvalue weighted by Gasteiger charge is 2.28. The molecule has 2 aromatic carbocycles. The van der Waals surface area contributed by atoms with Crippen molar-refractivity contribution in [2.45, 2.75) is 25.5 Å². The Bertz CT molecular complexity index is 657. The fraction of sp³-hybridized carbons (Fsp3) is 0.333. The van der Waals surface area contributed by atoms with Crippen molar-refractivity contribution in [3.05, 3.63) is 71.8 Å². The molecule has 3 rings (SSSR count). The molecule has 0 radical (unpaired) electrons. The first kappa shape index (κ1) is 18.1. The minimum Gasteiger partial charge on any atom is -0.445 e. The summed E-state index contributed by atoms with van der Waals surface area (Å²) in [6.07, 6.45) is 0.821. The number of nitrogens with zero attached hydrogens (tertiary/aromatic N) is 1. The minimum absolute atomic E-state index is 0.134. The Hall–Kier alpha value is -2.66. The number of carbonyl (C=O) groups excluding carboxylic acids is 2. The molecule has 26 heavy (non-hydrogen) atoms. The SMILES string of the molecule is O=C(CCc1ccccc1)[C@H]1CN(C(=O)OCc2ccccc2)CCN1. The average Bonchev–Trinajstić information content (AvgIpc) is 2.72. The summed E-state index contributed by atoms with van der Waals surface area (Å²) in [5, 5.41) is 3.21. The quantitative estimate of drug-likeness (QED) is 0.868. The van der Waals surface area contributed by atoms with Gasteiger partial charge in [0.15, 0.2) is 5.78 Å². The van der Waals surface area contributed by atoms with Crippen LogP contribution in [0.15, 0.2) is 60.7 Å². The highest BCUT2D eigenvalue weighted by atomic mass is 16.6. The Labute approximate surface area is 154 Å². The molecule has 0 aromatic heterocycles. The van der Waals surface area contributed by atoms with Gasteiger partial charge in [-0.1, -0.05) is 60.7 Å². The number of benzene rings is 2. The number of piperazine rings is 1. The summed E-state index contributed by atoms with van der Waals surface area (Å²) in [6, 6.07) is 19.2. The smallest absolute Gasteiger partial charge is 0.410 e. The summed E-state index contributed by atoms with van der Waals surface area (Å²) in [7, 11) is 0. The van der Waals surface area contributed by atoms with Gasteiger partial charge in [0.05, 0.1) is 6.04 Å². The Kier molecular flexibility index (Phi) is 6.39. The number of rotatable bonds is 6. The predicted octanol–water partition coefficient (Wildman–Crippen LogP) is 2.80. The van der Waals surface area contributed by atoms with Crippen LogP contribution >= 0.6 is 0 Å². The van der Waals surface area contributed by atoms with E-state index < -0.39 is 0 Å². The van der Waals surface area contributed by atoms with Gasteiger partial charge in [0.2, 0.25) is 0 Å². The normalized spacial score (nSPS) is 16.9. The number of carbonyl (C=O) groups is 2. The van der Waals surface area contributed by atoms with Crippen LogP contribution in [0.2, 0.25) is 0 Å². The molecule has 1 aliphatic heterocycles. The van der Waals surface area contributed by atoms with Crippen LogP contribution < -0.4 is 5.32 Å². The number of amides is 1. The monoisotopic (exact) mass is 352 g/mol. The molecule has 2 aromatic rings. The second-order valence-electron chi connectivity index (χ2n) is 6.44. The third kappa shape index (κ3) is 5.17. The van der Waals surface area contributed by atoms with E-state index in [4.69, 9.17) is 4.74 Å². The van der Waals surface area contributed by atoms with Crippen molar-refractivity contribution in [2.75, 3.05) is 19.6 Å². The van der Waals surface area contributed by atoms with E-state index >= 15 is 0 Å². The topological polar surface area (TPSA) is 58.6 Å². The van der Waals surface area contributed by atoms with Crippen LogP contribution in [0.25, 0.3) is 0 Å². The van der Waals surface area contributed by atoms with Gasteiger partial charge in [-0.05, 0) is 17.5 Å². The highest BCUT2D eigenvalue weighted by Crippen LogP contribution is 2.09. The first-order valence-electron chi connectivity index (χ1n) is 8.98. The van der Waals surface area contributed by atoms with E-state index in [2.05, 4.69) is 5.32 Å². The van der Waals surface area contributed by atoms with Gasteiger partial charge in [0.1, 0.15) is 6.61 Å². The van der Waals surface area contributed by atoms with E-state index in [0.29, 0.717) is 26.1 Å². The molecule has 0 unspecified atom stereocenters. The Balaban J connectivity index is 1.47. The molecule has 1 saturated heterocycles. The fourth-order valence-corrected chi connectivity index (χ4v) is 3.03. The maximum atomic E-state index is 12.5. The molecule has 1 atom stereocenters. The number of aryl methyl sites for hydroxylation is 1. The van der Waals surface area contributed by atoms with E-state index in [0.717, 1.165) is 17.5 Å². The van der Waals surface area contributed by atoms with Crippen molar-refractivity contribution >= 4 is 11.9 Å². The van der Waals surface area contributed by atoms with Gasteiger partial charge in [-0.15, -0.1) is 0 Å². The average molecular weight is 352 g/mol. The molecular formula is C21H24N2O3. The van der Waals surface area contributed by atoms with Crippen LogP contribution in [0.4, 0.5) is 4.79 Å². The van der Waals surface area contributed by atoms with Crippen LogP contribution in [0.5, 0.6) is 0 Å². The van der Waals surface area contributed by atoms with Crippen LogP contribution in [0.1, 0.15) is 17.5 Å². The lowest BCUT2D eigenvalue weighted by Crippen LogP contribution is -2.55. The second kappa shape index (κ2) is 9.15. The molecule has 0 saturated carbocycles. The van der Waals surface area contributed by atoms with Crippen LogP contribution in [-0.4, -0.2) is 42.5 Å². The zero-order valence-electron chi connectivity index (χ0n) is 14.8. The van der Waals surface area contributed by atoms with E-state index in [9.17, 15) is 9.59 Å². The molecule has 1 amide bonds. The lowest BCUT2D eigenvalue weighted by molar-refractivity contribution is -0.121. The number of Topliss-reactive ketones (excluding diaryl/α,β-unsaturated/α-hetero) is 1. The number of hydrogen-bond acceptors (Lipinski definition) is 4. The summed E-state index contributed by atoms with van der Waals surface area (Å²) in [5.74, 6) is 0.134. The number of ketones is 1. The number of hydrogen-bond donors (Lipinski definition) is 1. The molecule has 1 aliphatic rings. The van der Waals surface area contributed by atoms with Crippen molar-refractivity contribution in [3.8, 4) is 0 Å². The van der Waals surface area contributed by atoms with Gasteiger partial charge in [-0.2, -0.15) is 0 Å². The molecule has 5 heteroatoms. The second-order valence-corrected chi connectivity index (χ2v) is 6.44. The summed E-state index contributed by atoms with van der Waals surface area (Å²) < 4.78 is 5.37. The maximum Gasteiger partial charge on any atom is 0.410 e. The van der Waals surface area contributed by atoms with E-state index in [-0.39, 0.29) is 24.5 Å². The number of ether oxygens (including phenoxy) is 1. The van der Waals surface area contributed by atoms with E-state index in [1.54, 1.807) is 4.90 Å². The standard InChI is InChI=1S/C21H24N2O3/c24-20(12-11-17-7-3-1-4-8-17)19-15-23(14-13-22-19)21(25)26-16-18-9-5-2-6-10-18/h1-10,19,22H,11-16H2/t19-/m1/s1. The highest BCUT2D eigenvalue weighted by molar-refractivity contribution is 5.85. The molecule has 1 heterocycles. The van der Waals surface area contributed by atoms with Crippen LogP contribution in [0, 0.1) is 0 Å². The molecule has 136 valence electrons. The van der Waals surface area contributed by atoms with Gasteiger partial charge < -0.3 is 15.0 Å². The first-order chi connectivity index (χ1) is 12.7. The minimum atomic E-state index is -0.365. The van der Waals surface area contributed by atoms with Gasteiger partial charge in [-0.3, -0.25) is 4.79 Å². The maximum absolute atomic E-state index is 12.5. The van der Waals surface area contributed by atoms with Crippen molar-refractivity contribution < 1.29 is 14.3 Å². The summed E-state index contributed by atoms with van der Waals surface area (Å²) in [5.41, 5.74) is 2.10. The molecule has 5 nitrogen and oxygen atoms in total. The largest absolute Gasteiger partial charge is 0.445 e. The summed E-state index contributed by atoms with van der Waals surface area (Å²) in [4.78, 5) is 26.4. The van der Waals surface area contributed by atoms with Crippen LogP contribution in [-0.2, 0) is 22.6 Å².